The van der Waals surface area contributed by atoms with Crippen LogP contribution < -0.4 is 10.6 Å². The number of halogens is 1. The third-order valence-electron chi connectivity index (χ3n) is 2.55. The van der Waals surface area contributed by atoms with Crippen LogP contribution in [-0.2, 0) is 4.79 Å². The lowest BCUT2D eigenvalue weighted by Gasteiger charge is -2.14. The summed E-state index contributed by atoms with van der Waals surface area (Å²) >= 11 is 3.29. The highest BCUT2D eigenvalue weighted by atomic mass is 79.9. The molecule has 1 rings (SSSR count). The molecule has 0 saturated heterocycles. The van der Waals surface area contributed by atoms with Crippen molar-refractivity contribution in [1.29, 1.82) is 0 Å². The Morgan fingerprint density at radius 3 is 2.47 bits per heavy atom. The maximum Gasteiger partial charge on any atom is 0.326 e. The van der Waals surface area contributed by atoms with Crippen LogP contribution in [0.15, 0.2) is 28.7 Å². The van der Waals surface area contributed by atoms with Crippen LogP contribution in [0.2, 0.25) is 0 Å². The largest absolute Gasteiger partial charge is 0.480 e. The molecule has 0 spiro atoms. The van der Waals surface area contributed by atoms with Crippen LogP contribution in [0, 0.1) is 0 Å². The topological polar surface area (TPSA) is 78.4 Å². The fourth-order valence-electron chi connectivity index (χ4n) is 1.52. The summed E-state index contributed by atoms with van der Waals surface area (Å²) in [6.07, 6.45) is 2.08. The fourth-order valence-corrected chi connectivity index (χ4v) is 1.79. The molecule has 1 atom stereocenters. The summed E-state index contributed by atoms with van der Waals surface area (Å²) in [6, 6.07) is 5.68. The zero-order chi connectivity index (χ0) is 14.3. The molecule has 104 valence electrons. The van der Waals surface area contributed by atoms with Crippen LogP contribution in [0.5, 0.6) is 0 Å². The Labute approximate surface area is 120 Å². The molecule has 0 aliphatic heterocycles. The van der Waals surface area contributed by atoms with E-state index >= 15 is 0 Å². The lowest BCUT2D eigenvalue weighted by molar-refractivity contribution is -0.139. The second kappa shape index (κ2) is 7.78. The highest BCUT2D eigenvalue weighted by Gasteiger charge is 2.18. The molecule has 19 heavy (non-hydrogen) atoms. The predicted octanol–water partition coefficient (Wildman–Crippen LogP) is 3.21. The van der Waals surface area contributed by atoms with Crippen molar-refractivity contribution < 1.29 is 14.7 Å². The van der Waals surface area contributed by atoms with Crippen molar-refractivity contribution in [3.63, 3.8) is 0 Å². The lowest BCUT2D eigenvalue weighted by atomic mass is 10.1. The van der Waals surface area contributed by atoms with Crippen LogP contribution >= 0.6 is 15.9 Å². The second-order valence-electron chi connectivity index (χ2n) is 4.14. The molecule has 6 heteroatoms. The normalized spacial score (nSPS) is 11.7. The van der Waals surface area contributed by atoms with Gasteiger partial charge in [0.2, 0.25) is 0 Å². The van der Waals surface area contributed by atoms with Crippen LogP contribution in [0.25, 0.3) is 0 Å². The molecule has 1 aromatic rings. The lowest BCUT2D eigenvalue weighted by Crippen LogP contribution is -2.42. The number of carboxylic acids is 1. The van der Waals surface area contributed by atoms with E-state index < -0.39 is 18.0 Å². The monoisotopic (exact) mass is 328 g/mol. The van der Waals surface area contributed by atoms with Crippen LogP contribution in [0.3, 0.4) is 0 Å². The first-order valence-corrected chi connectivity index (χ1v) is 6.88. The molecule has 0 bridgehead atoms. The standard InChI is InChI=1S/C13H17BrN2O3/c1-2-3-4-11(12(17)18)16-13(19)15-10-7-5-9(14)6-8-10/h5-8,11H,2-4H2,1H3,(H,17,18)(H2,15,16,19)/t11-/m0/s1. The van der Waals surface area contributed by atoms with E-state index in [-0.39, 0.29) is 0 Å². The molecule has 1 aromatic carbocycles. The number of carboxylic acid groups (broad SMARTS) is 1. The van der Waals surface area contributed by atoms with Crippen LogP contribution in [0.4, 0.5) is 10.5 Å². The van der Waals surface area contributed by atoms with E-state index in [1.54, 1.807) is 24.3 Å². The fraction of sp³-hybridized carbons (Fsp3) is 0.385. The molecule has 0 fully saturated rings. The average molecular weight is 329 g/mol. The van der Waals surface area contributed by atoms with E-state index in [4.69, 9.17) is 5.11 Å². The zero-order valence-corrected chi connectivity index (χ0v) is 12.2. The van der Waals surface area contributed by atoms with Crippen LogP contribution in [-0.4, -0.2) is 23.1 Å². The van der Waals surface area contributed by atoms with Gasteiger partial charge >= 0.3 is 12.0 Å². The van der Waals surface area contributed by atoms with Gasteiger partial charge in [0, 0.05) is 10.2 Å². The minimum atomic E-state index is -1.01. The summed E-state index contributed by atoms with van der Waals surface area (Å²) in [5.74, 6) is -1.01. The number of carbonyl (C=O) groups excluding carboxylic acids is 1. The smallest absolute Gasteiger partial charge is 0.326 e. The molecule has 2 amide bonds. The molecule has 0 saturated carbocycles. The summed E-state index contributed by atoms with van der Waals surface area (Å²) in [6.45, 7) is 1.97. The van der Waals surface area contributed by atoms with Crippen molar-refractivity contribution in [1.82, 2.24) is 5.32 Å². The SMILES string of the molecule is CCCC[C@H](NC(=O)Nc1ccc(Br)cc1)C(=O)O. The quantitative estimate of drug-likeness (QED) is 0.750. The van der Waals surface area contributed by atoms with Gasteiger partial charge in [0.25, 0.3) is 0 Å². The summed E-state index contributed by atoms with van der Waals surface area (Å²) < 4.78 is 0.907. The first kappa shape index (κ1) is 15.5. The van der Waals surface area contributed by atoms with Gasteiger partial charge in [-0.3, -0.25) is 0 Å². The first-order chi connectivity index (χ1) is 9.02. The van der Waals surface area contributed by atoms with Crippen LogP contribution in [0.1, 0.15) is 26.2 Å². The van der Waals surface area contributed by atoms with E-state index in [0.717, 1.165) is 17.3 Å². The van der Waals surface area contributed by atoms with Crippen molar-refractivity contribution in [3.05, 3.63) is 28.7 Å². The molecule has 0 radical (unpaired) electrons. The maximum atomic E-state index is 11.7. The summed E-state index contributed by atoms with van der Waals surface area (Å²) in [5.41, 5.74) is 0.611. The predicted molar refractivity (Wildman–Crippen MR) is 77.2 cm³/mol. The summed E-state index contributed by atoms with van der Waals surface area (Å²) in [4.78, 5) is 22.7. The van der Waals surface area contributed by atoms with E-state index in [1.165, 1.54) is 0 Å². The van der Waals surface area contributed by atoms with E-state index in [9.17, 15) is 9.59 Å². The number of hydrogen-bond acceptors (Lipinski definition) is 2. The van der Waals surface area contributed by atoms with Gasteiger partial charge in [-0.1, -0.05) is 35.7 Å². The number of nitrogens with one attached hydrogen (secondary N) is 2. The molecule has 0 heterocycles. The van der Waals surface area contributed by atoms with Crippen molar-refractivity contribution >= 4 is 33.6 Å². The Bertz CT molecular complexity index is 434. The van der Waals surface area contributed by atoms with Crippen molar-refractivity contribution in [2.45, 2.75) is 32.2 Å². The number of urea groups is 1. The minimum Gasteiger partial charge on any atom is -0.480 e. The molecule has 0 aliphatic carbocycles. The number of unbranched alkanes of at least 4 members (excludes halogenated alkanes) is 1. The average Bonchev–Trinajstić information content (AvgIpc) is 2.37. The van der Waals surface area contributed by atoms with E-state index in [1.807, 2.05) is 6.92 Å². The van der Waals surface area contributed by atoms with Gasteiger partial charge < -0.3 is 15.7 Å². The van der Waals surface area contributed by atoms with Gasteiger partial charge in [0.05, 0.1) is 0 Å². The Hall–Kier alpha value is -1.56. The Balaban J connectivity index is 2.52. The van der Waals surface area contributed by atoms with Gasteiger partial charge in [0.1, 0.15) is 6.04 Å². The summed E-state index contributed by atoms with van der Waals surface area (Å²) in [7, 11) is 0. The number of anilines is 1. The third-order valence-corrected chi connectivity index (χ3v) is 3.08. The van der Waals surface area contributed by atoms with Gasteiger partial charge in [0.15, 0.2) is 0 Å². The minimum absolute atomic E-state index is 0.430. The summed E-state index contributed by atoms with van der Waals surface area (Å²) in [5, 5.41) is 14.1. The molecule has 0 unspecified atom stereocenters. The number of amides is 2. The molecule has 0 aliphatic rings. The van der Waals surface area contributed by atoms with E-state index in [0.29, 0.717) is 12.1 Å². The number of aliphatic carboxylic acids is 1. The highest BCUT2D eigenvalue weighted by molar-refractivity contribution is 9.10. The zero-order valence-electron chi connectivity index (χ0n) is 10.6. The molecule has 3 N–H and O–H groups in total. The molecular formula is C13H17BrN2O3. The Morgan fingerprint density at radius 1 is 1.32 bits per heavy atom. The maximum absolute atomic E-state index is 11.7. The Kier molecular flexibility index (Phi) is 6.35. The Morgan fingerprint density at radius 2 is 1.95 bits per heavy atom. The van der Waals surface area contributed by atoms with Crippen molar-refractivity contribution in [2.75, 3.05) is 5.32 Å². The number of benzene rings is 1. The molecule has 5 nitrogen and oxygen atoms in total. The molecular weight excluding hydrogens is 312 g/mol. The van der Waals surface area contributed by atoms with Gasteiger partial charge in [-0.2, -0.15) is 0 Å². The number of hydrogen-bond donors (Lipinski definition) is 3. The van der Waals surface area contributed by atoms with Gasteiger partial charge in [-0.25, -0.2) is 9.59 Å². The van der Waals surface area contributed by atoms with Crippen molar-refractivity contribution in [2.24, 2.45) is 0 Å². The molecule has 0 aromatic heterocycles. The second-order valence-corrected chi connectivity index (χ2v) is 5.05. The highest BCUT2D eigenvalue weighted by Crippen LogP contribution is 2.14. The third kappa shape index (κ3) is 5.74. The van der Waals surface area contributed by atoms with Gasteiger partial charge in [-0.05, 0) is 30.7 Å². The first-order valence-electron chi connectivity index (χ1n) is 6.08. The van der Waals surface area contributed by atoms with E-state index in [2.05, 4.69) is 26.6 Å². The van der Waals surface area contributed by atoms with Gasteiger partial charge in [-0.15, -0.1) is 0 Å². The number of rotatable bonds is 6. The van der Waals surface area contributed by atoms with Crippen molar-refractivity contribution in [3.8, 4) is 0 Å². The number of carbonyl (C=O) groups is 2.